The average Bonchev–Trinajstić information content (AvgIpc) is 2.85. The van der Waals surface area contributed by atoms with Crippen molar-refractivity contribution in [3.05, 3.63) is 84.4 Å². The van der Waals surface area contributed by atoms with Crippen LogP contribution in [0.25, 0.3) is 11.1 Å². The summed E-state index contributed by atoms with van der Waals surface area (Å²) in [5.74, 6) is 0.825. The first kappa shape index (κ1) is 21.4. The Morgan fingerprint density at radius 2 is 1.59 bits per heavy atom. The van der Waals surface area contributed by atoms with Gasteiger partial charge in [0.05, 0.1) is 7.11 Å². The largest absolute Gasteiger partial charge is 0.497 e. The first-order valence-electron chi connectivity index (χ1n) is 10.8. The molecule has 6 heteroatoms. The van der Waals surface area contributed by atoms with E-state index in [9.17, 15) is 9.59 Å². The molecule has 4 rings (SSSR count). The smallest absolute Gasteiger partial charge is 0.319 e. The molecule has 0 aromatic heterocycles. The van der Waals surface area contributed by atoms with Crippen molar-refractivity contribution in [3.8, 4) is 16.9 Å². The number of likely N-dealkylation sites (tertiary alicyclic amines) is 1. The van der Waals surface area contributed by atoms with E-state index in [1.807, 2.05) is 83.8 Å². The molecule has 1 aliphatic heterocycles. The maximum atomic E-state index is 12.9. The molecule has 0 unspecified atom stereocenters. The Kier molecular flexibility index (Phi) is 6.70. The number of rotatable bonds is 5. The predicted molar refractivity (Wildman–Crippen MR) is 126 cm³/mol. The summed E-state index contributed by atoms with van der Waals surface area (Å²) in [7, 11) is 1.65. The molecule has 1 heterocycles. The summed E-state index contributed by atoms with van der Waals surface area (Å²) in [6.45, 7) is 1.24. The van der Waals surface area contributed by atoms with Crippen LogP contribution in [0.2, 0.25) is 0 Å². The molecular weight excluding hydrogens is 402 g/mol. The van der Waals surface area contributed by atoms with Crippen molar-refractivity contribution in [1.29, 1.82) is 0 Å². The minimum Gasteiger partial charge on any atom is -0.497 e. The highest BCUT2D eigenvalue weighted by Gasteiger charge is 2.24. The van der Waals surface area contributed by atoms with Gasteiger partial charge in [-0.15, -0.1) is 0 Å². The zero-order valence-electron chi connectivity index (χ0n) is 18.1. The summed E-state index contributed by atoms with van der Waals surface area (Å²) in [6, 6.07) is 24.7. The summed E-state index contributed by atoms with van der Waals surface area (Å²) in [5, 5.41) is 5.84. The first-order valence-corrected chi connectivity index (χ1v) is 10.8. The van der Waals surface area contributed by atoms with Gasteiger partial charge in [0.15, 0.2) is 0 Å². The van der Waals surface area contributed by atoms with Gasteiger partial charge in [-0.1, -0.05) is 42.5 Å². The molecule has 0 atom stereocenters. The van der Waals surface area contributed by atoms with E-state index in [0.717, 1.165) is 35.4 Å². The molecule has 3 amide bonds. The molecule has 164 valence electrons. The number of urea groups is 1. The fourth-order valence-corrected chi connectivity index (χ4v) is 3.89. The second kappa shape index (κ2) is 10.0. The van der Waals surface area contributed by atoms with Crippen LogP contribution in [0.5, 0.6) is 5.75 Å². The highest BCUT2D eigenvalue weighted by Crippen LogP contribution is 2.24. The van der Waals surface area contributed by atoms with Crippen molar-refractivity contribution in [2.45, 2.75) is 18.9 Å². The van der Waals surface area contributed by atoms with Crippen molar-refractivity contribution < 1.29 is 14.3 Å². The Labute approximate surface area is 188 Å². The first-order chi connectivity index (χ1) is 15.6. The van der Waals surface area contributed by atoms with Crippen LogP contribution in [0.15, 0.2) is 78.9 Å². The minimum absolute atomic E-state index is 0.0226. The number of benzene rings is 3. The molecule has 3 aromatic rings. The summed E-state index contributed by atoms with van der Waals surface area (Å²) >= 11 is 0. The minimum atomic E-state index is -0.214. The zero-order valence-corrected chi connectivity index (χ0v) is 18.1. The van der Waals surface area contributed by atoms with Crippen LogP contribution in [-0.2, 0) is 0 Å². The number of anilines is 1. The third kappa shape index (κ3) is 5.27. The third-order valence-electron chi connectivity index (χ3n) is 5.68. The van der Waals surface area contributed by atoms with Crippen molar-refractivity contribution in [3.63, 3.8) is 0 Å². The van der Waals surface area contributed by atoms with Gasteiger partial charge in [-0.05, 0) is 60.4 Å². The third-order valence-corrected chi connectivity index (χ3v) is 5.68. The number of carbonyl (C=O) groups excluding carboxylic acids is 2. The van der Waals surface area contributed by atoms with Crippen LogP contribution >= 0.6 is 0 Å². The molecule has 6 nitrogen and oxygen atoms in total. The quantitative estimate of drug-likeness (QED) is 0.613. The van der Waals surface area contributed by atoms with E-state index >= 15 is 0 Å². The van der Waals surface area contributed by atoms with Crippen LogP contribution in [0.4, 0.5) is 10.5 Å². The van der Waals surface area contributed by atoms with E-state index < -0.39 is 0 Å². The van der Waals surface area contributed by atoms with Gasteiger partial charge in [0.2, 0.25) is 0 Å². The van der Waals surface area contributed by atoms with Gasteiger partial charge in [0.25, 0.3) is 5.91 Å². The van der Waals surface area contributed by atoms with E-state index in [4.69, 9.17) is 4.74 Å². The van der Waals surface area contributed by atoms with Gasteiger partial charge in [0.1, 0.15) is 5.75 Å². The monoisotopic (exact) mass is 429 g/mol. The molecule has 32 heavy (non-hydrogen) atoms. The van der Waals surface area contributed by atoms with Gasteiger partial charge < -0.3 is 20.3 Å². The van der Waals surface area contributed by atoms with Crippen molar-refractivity contribution in [2.75, 3.05) is 25.5 Å². The molecule has 0 saturated carbocycles. The standard InChI is InChI=1S/C26H27N3O3/c1-32-24-9-5-6-21(18-24)19-10-12-20(13-11-19)25(30)29-16-14-23(15-17-29)28-26(31)27-22-7-3-2-4-8-22/h2-13,18,23H,14-17H2,1H3,(H2,27,28,31). The summed E-state index contributed by atoms with van der Waals surface area (Å²) < 4.78 is 5.29. The lowest BCUT2D eigenvalue weighted by Gasteiger charge is -2.32. The highest BCUT2D eigenvalue weighted by atomic mass is 16.5. The number of nitrogens with one attached hydrogen (secondary N) is 2. The summed E-state index contributed by atoms with van der Waals surface area (Å²) in [6.07, 6.45) is 1.46. The molecule has 2 N–H and O–H groups in total. The zero-order chi connectivity index (χ0) is 22.3. The van der Waals surface area contributed by atoms with Gasteiger partial charge in [-0.25, -0.2) is 4.79 Å². The molecule has 0 aliphatic carbocycles. The lowest BCUT2D eigenvalue weighted by molar-refractivity contribution is 0.0709. The Bertz CT molecular complexity index is 1060. The van der Waals surface area contributed by atoms with Crippen LogP contribution in [0, 0.1) is 0 Å². The van der Waals surface area contributed by atoms with Crippen LogP contribution in [0.3, 0.4) is 0 Å². The maximum absolute atomic E-state index is 12.9. The van der Waals surface area contributed by atoms with Crippen LogP contribution < -0.4 is 15.4 Å². The topological polar surface area (TPSA) is 70.7 Å². The number of nitrogens with zero attached hydrogens (tertiary/aromatic N) is 1. The van der Waals surface area contributed by atoms with E-state index in [1.54, 1.807) is 7.11 Å². The van der Waals surface area contributed by atoms with Crippen molar-refractivity contribution in [1.82, 2.24) is 10.2 Å². The van der Waals surface area contributed by atoms with Gasteiger partial charge in [-0.2, -0.15) is 0 Å². The predicted octanol–water partition coefficient (Wildman–Crippen LogP) is 4.79. The molecule has 0 bridgehead atoms. The lowest BCUT2D eigenvalue weighted by Crippen LogP contribution is -2.47. The number of hydrogen-bond acceptors (Lipinski definition) is 3. The molecule has 1 saturated heterocycles. The molecule has 0 spiro atoms. The maximum Gasteiger partial charge on any atom is 0.319 e. The van der Waals surface area contributed by atoms with Gasteiger partial charge in [0, 0.05) is 30.4 Å². The van der Waals surface area contributed by atoms with E-state index in [-0.39, 0.29) is 18.0 Å². The molecule has 0 radical (unpaired) electrons. The number of carbonyl (C=O) groups is 2. The fourth-order valence-electron chi connectivity index (χ4n) is 3.89. The molecule has 3 aromatic carbocycles. The Balaban J connectivity index is 1.30. The Hall–Kier alpha value is -3.80. The van der Waals surface area contributed by atoms with Crippen LogP contribution in [-0.4, -0.2) is 43.1 Å². The number of para-hydroxylation sites is 1. The van der Waals surface area contributed by atoms with Gasteiger partial charge in [-0.3, -0.25) is 4.79 Å². The van der Waals surface area contributed by atoms with E-state index in [1.165, 1.54) is 0 Å². The number of ether oxygens (including phenoxy) is 1. The SMILES string of the molecule is COc1cccc(-c2ccc(C(=O)N3CCC(NC(=O)Nc4ccccc4)CC3)cc2)c1. The molecular formula is C26H27N3O3. The van der Waals surface area contributed by atoms with E-state index in [0.29, 0.717) is 18.7 Å². The number of amides is 3. The normalized spacial score (nSPS) is 14.0. The lowest BCUT2D eigenvalue weighted by atomic mass is 10.0. The fraction of sp³-hybridized carbons (Fsp3) is 0.231. The number of piperidine rings is 1. The highest BCUT2D eigenvalue weighted by molar-refractivity contribution is 5.95. The average molecular weight is 430 g/mol. The second-order valence-corrected chi connectivity index (χ2v) is 7.84. The van der Waals surface area contributed by atoms with Crippen LogP contribution in [0.1, 0.15) is 23.2 Å². The van der Waals surface area contributed by atoms with Crippen molar-refractivity contribution >= 4 is 17.6 Å². The van der Waals surface area contributed by atoms with E-state index in [2.05, 4.69) is 10.6 Å². The summed E-state index contributed by atoms with van der Waals surface area (Å²) in [4.78, 5) is 27.0. The van der Waals surface area contributed by atoms with Crippen molar-refractivity contribution in [2.24, 2.45) is 0 Å². The molecule has 1 aliphatic rings. The molecule has 1 fully saturated rings. The van der Waals surface area contributed by atoms with Gasteiger partial charge >= 0.3 is 6.03 Å². The Morgan fingerprint density at radius 1 is 0.875 bits per heavy atom. The Morgan fingerprint density at radius 3 is 2.28 bits per heavy atom. The summed E-state index contributed by atoms with van der Waals surface area (Å²) in [5.41, 5.74) is 3.51. The second-order valence-electron chi connectivity index (χ2n) is 7.84. The number of hydrogen-bond donors (Lipinski definition) is 2. The number of methoxy groups -OCH3 is 1.